The van der Waals surface area contributed by atoms with Gasteiger partial charge in [-0.1, -0.05) is 0 Å². The largest absolute Gasteiger partial charge is 0.475 e. The molecule has 1 unspecified atom stereocenters. The average molecular weight is 213 g/mol. The molecule has 1 aliphatic heterocycles. The van der Waals surface area contributed by atoms with Crippen molar-refractivity contribution in [3.8, 4) is 0 Å². The smallest absolute Gasteiger partial charge is 0.434 e. The maximum Gasteiger partial charge on any atom is 0.434 e. The molecule has 1 atom stereocenters. The SMILES string of the molecule is O=C(O)c1oc([N+](=O)[O-])cc1CC1CO1. The van der Waals surface area contributed by atoms with E-state index in [1.807, 2.05) is 0 Å². The summed E-state index contributed by atoms with van der Waals surface area (Å²) < 4.78 is 9.52. The van der Waals surface area contributed by atoms with Crippen LogP contribution in [0.4, 0.5) is 5.88 Å². The second kappa shape index (κ2) is 3.35. The van der Waals surface area contributed by atoms with Gasteiger partial charge in [0.05, 0.1) is 18.8 Å². The van der Waals surface area contributed by atoms with Crippen LogP contribution >= 0.6 is 0 Å². The number of hydrogen-bond acceptors (Lipinski definition) is 5. The summed E-state index contributed by atoms with van der Waals surface area (Å²) in [4.78, 5) is 20.3. The van der Waals surface area contributed by atoms with Gasteiger partial charge in [-0.3, -0.25) is 10.1 Å². The molecule has 7 heteroatoms. The summed E-state index contributed by atoms with van der Waals surface area (Å²) in [5.74, 6) is -2.24. The van der Waals surface area contributed by atoms with Crippen molar-refractivity contribution in [3.05, 3.63) is 27.5 Å². The molecule has 1 aromatic heterocycles. The van der Waals surface area contributed by atoms with E-state index in [4.69, 9.17) is 9.84 Å². The summed E-state index contributed by atoms with van der Waals surface area (Å²) in [6.45, 7) is 0.554. The average Bonchev–Trinajstić information content (AvgIpc) is 2.82. The molecule has 0 aliphatic carbocycles. The Bertz CT molecular complexity index is 419. The monoisotopic (exact) mass is 213 g/mol. The lowest BCUT2D eigenvalue weighted by molar-refractivity contribution is -0.402. The zero-order valence-corrected chi connectivity index (χ0v) is 7.50. The predicted octanol–water partition coefficient (Wildman–Crippen LogP) is 0.827. The molecule has 0 saturated carbocycles. The molecule has 1 N–H and O–H groups in total. The first-order chi connectivity index (χ1) is 7.08. The highest BCUT2D eigenvalue weighted by atomic mass is 16.6. The van der Waals surface area contributed by atoms with Gasteiger partial charge in [-0.05, 0) is 0 Å². The van der Waals surface area contributed by atoms with Crippen LogP contribution in [-0.4, -0.2) is 28.7 Å². The third kappa shape index (κ3) is 1.96. The fraction of sp³-hybridized carbons (Fsp3) is 0.375. The normalized spacial score (nSPS) is 18.8. The summed E-state index contributed by atoms with van der Waals surface area (Å²) in [5.41, 5.74) is 0.303. The van der Waals surface area contributed by atoms with E-state index >= 15 is 0 Å². The second-order valence-electron chi connectivity index (χ2n) is 3.16. The molecule has 1 fully saturated rings. The summed E-state index contributed by atoms with van der Waals surface area (Å²) >= 11 is 0. The molecule has 2 heterocycles. The Morgan fingerprint density at radius 3 is 2.87 bits per heavy atom. The summed E-state index contributed by atoms with van der Waals surface area (Å²) in [6.07, 6.45) is 0.291. The molecule has 1 aromatic rings. The highest BCUT2D eigenvalue weighted by Crippen LogP contribution is 2.26. The first-order valence-electron chi connectivity index (χ1n) is 4.20. The lowest BCUT2D eigenvalue weighted by Gasteiger charge is -1.92. The molecule has 15 heavy (non-hydrogen) atoms. The number of nitrogens with zero attached hydrogens (tertiary/aromatic N) is 1. The van der Waals surface area contributed by atoms with E-state index < -0.39 is 16.8 Å². The van der Waals surface area contributed by atoms with Crippen LogP contribution in [0.5, 0.6) is 0 Å². The van der Waals surface area contributed by atoms with Gasteiger partial charge in [-0.2, -0.15) is 0 Å². The van der Waals surface area contributed by atoms with Crippen molar-refractivity contribution in [2.75, 3.05) is 6.61 Å². The molecule has 1 saturated heterocycles. The molecule has 2 rings (SSSR count). The van der Waals surface area contributed by atoms with Crippen molar-refractivity contribution in [1.29, 1.82) is 0 Å². The van der Waals surface area contributed by atoms with Crippen LogP contribution in [0, 0.1) is 10.1 Å². The van der Waals surface area contributed by atoms with Crippen molar-refractivity contribution in [3.63, 3.8) is 0 Å². The van der Waals surface area contributed by atoms with Crippen molar-refractivity contribution >= 4 is 11.9 Å². The highest BCUT2D eigenvalue weighted by molar-refractivity contribution is 5.86. The van der Waals surface area contributed by atoms with Gasteiger partial charge in [-0.25, -0.2) is 4.79 Å². The third-order valence-corrected chi connectivity index (χ3v) is 2.02. The molecule has 0 aromatic carbocycles. The molecule has 0 spiro atoms. The van der Waals surface area contributed by atoms with E-state index in [0.29, 0.717) is 18.6 Å². The Morgan fingerprint density at radius 1 is 1.73 bits per heavy atom. The number of carboxylic acid groups (broad SMARTS) is 1. The van der Waals surface area contributed by atoms with Gasteiger partial charge in [0.15, 0.2) is 0 Å². The Hall–Kier alpha value is -1.89. The number of carbonyl (C=O) groups is 1. The molecule has 0 amide bonds. The summed E-state index contributed by atoms with van der Waals surface area (Å²) in [6, 6.07) is 1.13. The van der Waals surface area contributed by atoms with Crippen LogP contribution in [0.2, 0.25) is 0 Å². The second-order valence-corrected chi connectivity index (χ2v) is 3.16. The lowest BCUT2D eigenvalue weighted by atomic mass is 10.1. The summed E-state index contributed by atoms with van der Waals surface area (Å²) in [5, 5.41) is 19.1. The Labute approximate surface area is 83.4 Å². The standard InChI is InChI=1S/C8H7NO6/c10-8(11)7-4(1-5-3-14-5)2-6(15-7)9(12)13/h2,5H,1,3H2,(H,10,11). The maximum absolute atomic E-state index is 10.7. The van der Waals surface area contributed by atoms with Crippen LogP contribution < -0.4 is 0 Å². The Morgan fingerprint density at radius 2 is 2.40 bits per heavy atom. The van der Waals surface area contributed by atoms with E-state index in [1.165, 1.54) is 0 Å². The number of nitro groups is 1. The predicted molar refractivity (Wildman–Crippen MR) is 45.8 cm³/mol. The highest BCUT2D eigenvalue weighted by Gasteiger charge is 2.30. The number of hydrogen-bond donors (Lipinski definition) is 1. The number of rotatable bonds is 4. The first kappa shape index (κ1) is 9.66. The molecule has 7 nitrogen and oxygen atoms in total. The molecular formula is C8H7NO6. The third-order valence-electron chi connectivity index (χ3n) is 2.02. The van der Waals surface area contributed by atoms with Crippen LogP contribution in [0.3, 0.4) is 0 Å². The van der Waals surface area contributed by atoms with Gasteiger partial charge in [-0.15, -0.1) is 0 Å². The number of ether oxygens (including phenoxy) is 1. The molecule has 0 radical (unpaired) electrons. The van der Waals surface area contributed by atoms with Crippen LogP contribution in [0.25, 0.3) is 0 Å². The number of epoxide rings is 1. The molecule has 1 aliphatic rings. The minimum atomic E-state index is -1.31. The van der Waals surface area contributed by atoms with Gasteiger partial charge in [0, 0.05) is 12.0 Å². The fourth-order valence-electron chi connectivity index (χ4n) is 1.27. The van der Waals surface area contributed by atoms with Crippen molar-refractivity contribution in [2.24, 2.45) is 0 Å². The molecule has 0 bridgehead atoms. The van der Waals surface area contributed by atoms with Gasteiger partial charge in [0.2, 0.25) is 5.76 Å². The van der Waals surface area contributed by atoms with Crippen molar-refractivity contribution in [2.45, 2.75) is 12.5 Å². The van der Waals surface area contributed by atoms with Gasteiger partial charge >= 0.3 is 11.9 Å². The van der Waals surface area contributed by atoms with Gasteiger partial charge in [0.25, 0.3) is 0 Å². The maximum atomic E-state index is 10.7. The topological polar surface area (TPSA) is 106 Å². The van der Waals surface area contributed by atoms with Crippen LogP contribution in [0.15, 0.2) is 10.5 Å². The minimum Gasteiger partial charge on any atom is -0.475 e. The Balaban J connectivity index is 2.31. The van der Waals surface area contributed by atoms with E-state index in [0.717, 1.165) is 6.07 Å². The quantitative estimate of drug-likeness (QED) is 0.451. The minimum absolute atomic E-state index is 0.0414. The number of aromatic carboxylic acids is 1. The zero-order valence-electron chi connectivity index (χ0n) is 7.50. The number of carboxylic acids is 1. The first-order valence-corrected chi connectivity index (χ1v) is 4.20. The lowest BCUT2D eigenvalue weighted by Crippen LogP contribution is -2.01. The van der Waals surface area contributed by atoms with E-state index in [-0.39, 0.29) is 11.9 Å². The molecule has 80 valence electrons. The van der Waals surface area contributed by atoms with Crippen molar-refractivity contribution in [1.82, 2.24) is 0 Å². The van der Waals surface area contributed by atoms with E-state index in [1.54, 1.807) is 0 Å². The van der Waals surface area contributed by atoms with Crippen LogP contribution in [-0.2, 0) is 11.2 Å². The zero-order chi connectivity index (χ0) is 11.0. The van der Waals surface area contributed by atoms with E-state index in [9.17, 15) is 14.9 Å². The summed E-state index contributed by atoms with van der Waals surface area (Å²) in [7, 11) is 0. The van der Waals surface area contributed by atoms with E-state index in [2.05, 4.69) is 4.42 Å². The van der Waals surface area contributed by atoms with Gasteiger partial charge < -0.3 is 14.3 Å². The Kier molecular flexibility index (Phi) is 2.16. The van der Waals surface area contributed by atoms with Crippen molar-refractivity contribution < 1.29 is 24.0 Å². The number of furan rings is 1. The van der Waals surface area contributed by atoms with Crippen LogP contribution in [0.1, 0.15) is 16.1 Å². The van der Waals surface area contributed by atoms with Gasteiger partial charge in [0.1, 0.15) is 4.92 Å². The fourth-order valence-corrected chi connectivity index (χ4v) is 1.27. The molecular weight excluding hydrogens is 206 g/mol.